The first-order chi connectivity index (χ1) is 8.93. The molecule has 1 rings (SSSR count). The molecule has 1 aliphatic rings. The summed E-state index contributed by atoms with van der Waals surface area (Å²) in [6.45, 7) is 9.32. The third-order valence-corrected chi connectivity index (χ3v) is 4.06. The Morgan fingerprint density at radius 2 is 1.89 bits per heavy atom. The fourth-order valence-electron chi connectivity index (χ4n) is 3.02. The van der Waals surface area contributed by atoms with E-state index in [0.717, 1.165) is 19.3 Å². The van der Waals surface area contributed by atoms with Gasteiger partial charge in [-0.3, -0.25) is 10.2 Å². The topological polar surface area (TPSA) is 58.4 Å². The lowest BCUT2D eigenvalue weighted by Gasteiger charge is -2.39. The van der Waals surface area contributed by atoms with Crippen LogP contribution in [0.3, 0.4) is 0 Å². The van der Waals surface area contributed by atoms with Crippen LogP contribution < -0.4 is 11.2 Å². The van der Waals surface area contributed by atoms with E-state index in [0.29, 0.717) is 36.9 Å². The summed E-state index contributed by atoms with van der Waals surface area (Å²) in [5, 5.41) is 2.13. The monoisotopic (exact) mass is 269 g/mol. The summed E-state index contributed by atoms with van der Waals surface area (Å²) in [4.78, 5) is 12.1. The molecule has 0 aromatic heterocycles. The predicted octanol–water partition coefficient (Wildman–Crippen LogP) is 2.29. The summed E-state index contributed by atoms with van der Waals surface area (Å²) in [7, 11) is 0. The van der Waals surface area contributed by atoms with E-state index in [4.69, 9.17) is 5.73 Å². The average molecular weight is 269 g/mol. The summed E-state index contributed by atoms with van der Waals surface area (Å²) < 4.78 is 0. The van der Waals surface area contributed by atoms with Crippen LogP contribution in [0.2, 0.25) is 0 Å². The first-order valence-corrected chi connectivity index (χ1v) is 7.71. The van der Waals surface area contributed by atoms with E-state index >= 15 is 0 Å². The number of carbonyl (C=O) groups excluding carboxylic acids is 1. The first kappa shape index (κ1) is 16.4. The van der Waals surface area contributed by atoms with Crippen molar-refractivity contribution >= 4 is 5.91 Å². The highest BCUT2D eigenvalue weighted by Crippen LogP contribution is 2.21. The number of hydrazine groups is 1. The second-order valence-electron chi connectivity index (χ2n) is 6.51. The molecule has 0 aromatic carbocycles. The van der Waals surface area contributed by atoms with Gasteiger partial charge in [-0.2, -0.15) is 0 Å². The molecule has 4 nitrogen and oxygen atoms in total. The van der Waals surface area contributed by atoms with Gasteiger partial charge in [-0.15, -0.1) is 0 Å². The molecule has 1 fully saturated rings. The van der Waals surface area contributed by atoms with Crippen molar-refractivity contribution in [3.05, 3.63) is 0 Å². The normalized spacial score (nSPS) is 26.4. The van der Waals surface area contributed by atoms with Gasteiger partial charge in [-0.1, -0.05) is 20.3 Å². The molecule has 0 saturated carbocycles. The number of nitrogens with one attached hydrogen (secondary N) is 1. The molecule has 0 spiro atoms. The van der Waals surface area contributed by atoms with E-state index in [2.05, 4.69) is 38.1 Å². The van der Waals surface area contributed by atoms with Crippen molar-refractivity contribution in [2.24, 2.45) is 17.6 Å². The van der Waals surface area contributed by atoms with Crippen molar-refractivity contribution in [2.45, 2.75) is 71.9 Å². The van der Waals surface area contributed by atoms with Crippen LogP contribution >= 0.6 is 0 Å². The van der Waals surface area contributed by atoms with Crippen LogP contribution in [0, 0.1) is 11.8 Å². The fraction of sp³-hybridized carbons (Fsp3) is 0.933. The molecule has 0 radical (unpaired) electrons. The molecule has 1 heterocycles. The van der Waals surface area contributed by atoms with Gasteiger partial charge in [-0.25, -0.2) is 5.01 Å². The van der Waals surface area contributed by atoms with E-state index < -0.39 is 0 Å². The number of hydrogen-bond donors (Lipinski definition) is 2. The van der Waals surface area contributed by atoms with Gasteiger partial charge in [0.05, 0.1) is 0 Å². The Hall–Kier alpha value is -0.610. The van der Waals surface area contributed by atoms with Gasteiger partial charge in [0.1, 0.15) is 0 Å². The minimum atomic E-state index is 0.122. The Balaban J connectivity index is 2.44. The average Bonchev–Trinajstić information content (AvgIpc) is 2.32. The Labute approximate surface area is 118 Å². The summed E-state index contributed by atoms with van der Waals surface area (Å²) in [5.74, 6) is 1.02. The molecule has 19 heavy (non-hydrogen) atoms. The number of hydrogen-bond acceptors (Lipinski definition) is 3. The van der Waals surface area contributed by atoms with Crippen LogP contribution in [0.25, 0.3) is 0 Å². The van der Waals surface area contributed by atoms with Crippen LogP contribution in [0.4, 0.5) is 0 Å². The summed E-state index contributed by atoms with van der Waals surface area (Å²) in [6.07, 6.45) is 5.15. The zero-order valence-corrected chi connectivity index (χ0v) is 13.0. The van der Waals surface area contributed by atoms with E-state index in [-0.39, 0.29) is 5.91 Å². The van der Waals surface area contributed by atoms with Crippen molar-refractivity contribution < 1.29 is 4.79 Å². The third kappa shape index (κ3) is 5.49. The molecule has 1 aliphatic heterocycles. The molecule has 3 atom stereocenters. The largest absolute Gasteiger partial charge is 0.330 e. The molecule has 1 amide bonds. The second-order valence-corrected chi connectivity index (χ2v) is 6.51. The maximum atomic E-state index is 12.1. The standard InChI is InChI=1S/C15H31N3O/c1-11(2)8-14(10-16)9-15(19)17-18-12(3)6-5-7-13(18)4/h11-14H,5-10,16H2,1-4H3,(H,17,19). The molecule has 0 aliphatic carbocycles. The zero-order valence-electron chi connectivity index (χ0n) is 13.0. The molecule has 3 unspecified atom stereocenters. The van der Waals surface area contributed by atoms with Crippen LogP contribution in [-0.2, 0) is 4.79 Å². The van der Waals surface area contributed by atoms with E-state index in [1.54, 1.807) is 0 Å². The van der Waals surface area contributed by atoms with Gasteiger partial charge >= 0.3 is 0 Å². The molecule has 3 N–H and O–H groups in total. The van der Waals surface area contributed by atoms with Crippen LogP contribution in [-0.4, -0.2) is 29.5 Å². The minimum Gasteiger partial charge on any atom is -0.330 e. The Kier molecular flexibility index (Phi) is 6.80. The van der Waals surface area contributed by atoms with Crippen LogP contribution in [0.1, 0.15) is 59.8 Å². The molecule has 112 valence electrons. The Morgan fingerprint density at radius 1 is 1.32 bits per heavy atom. The number of nitrogens with zero attached hydrogens (tertiary/aromatic N) is 1. The van der Waals surface area contributed by atoms with Gasteiger partial charge in [0.15, 0.2) is 0 Å². The third-order valence-electron chi connectivity index (χ3n) is 4.06. The summed E-state index contributed by atoms with van der Waals surface area (Å²) >= 11 is 0. The molecule has 4 heteroatoms. The maximum Gasteiger partial charge on any atom is 0.234 e. The fourth-order valence-corrected chi connectivity index (χ4v) is 3.02. The summed E-state index contributed by atoms with van der Waals surface area (Å²) in [5.41, 5.74) is 8.86. The Morgan fingerprint density at radius 3 is 2.37 bits per heavy atom. The number of rotatable bonds is 6. The van der Waals surface area contributed by atoms with Gasteiger partial charge in [0, 0.05) is 18.5 Å². The maximum absolute atomic E-state index is 12.1. The van der Waals surface area contributed by atoms with Crippen molar-refractivity contribution in [3.63, 3.8) is 0 Å². The molecular weight excluding hydrogens is 238 g/mol. The van der Waals surface area contributed by atoms with Crippen LogP contribution in [0.15, 0.2) is 0 Å². The van der Waals surface area contributed by atoms with Gasteiger partial charge in [-0.05, 0) is 51.5 Å². The molecule has 0 aromatic rings. The smallest absolute Gasteiger partial charge is 0.234 e. The van der Waals surface area contributed by atoms with Crippen molar-refractivity contribution in [1.82, 2.24) is 10.4 Å². The highest BCUT2D eigenvalue weighted by molar-refractivity contribution is 5.75. The molecular formula is C15H31N3O. The quantitative estimate of drug-likeness (QED) is 0.778. The van der Waals surface area contributed by atoms with Gasteiger partial charge in [0.25, 0.3) is 0 Å². The van der Waals surface area contributed by atoms with E-state index in [1.165, 1.54) is 6.42 Å². The zero-order chi connectivity index (χ0) is 14.4. The first-order valence-electron chi connectivity index (χ1n) is 7.71. The lowest BCUT2D eigenvalue weighted by molar-refractivity contribution is -0.130. The van der Waals surface area contributed by atoms with Gasteiger partial charge < -0.3 is 5.73 Å². The van der Waals surface area contributed by atoms with Crippen LogP contribution in [0.5, 0.6) is 0 Å². The predicted molar refractivity (Wildman–Crippen MR) is 79.4 cm³/mol. The van der Waals surface area contributed by atoms with Crippen molar-refractivity contribution in [2.75, 3.05) is 6.54 Å². The lowest BCUT2D eigenvalue weighted by Crippen LogP contribution is -2.54. The summed E-state index contributed by atoms with van der Waals surface area (Å²) in [6, 6.07) is 0.878. The molecule has 0 bridgehead atoms. The number of carbonyl (C=O) groups is 1. The Bertz CT molecular complexity index is 271. The SMILES string of the molecule is CC(C)CC(CN)CC(=O)NN1C(C)CCCC1C. The number of piperidine rings is 1. The number of nitrogens with two attached hydrogens (primary N) is 1. The van der Waals surface area contributed by atoms with E-state index in [1.807, 2.05) is 0 Å². The number of amides is 1. The van der Waals surface area contributed by atoms with Crippen molar-refractivity contribution in [1.29, 1.82) is 0 Å². The van der Waals surface area contributed by atoms with E-state index in [9.17, 15) is 4.79 Å². The molecule has 1 saturated heterocycles. The highest BCUT2D eigenvalue weighted by atomic mass is 16.2. The highest BCUT2D eigenvalue weighted by Gasteiger charge is 2.26. The van der Waals surface area contributed by atoms with Crippen molar-refractivity contribution in [3.8, 4) is 0 Å². The lowest BCUT2D eigenvalue weighted by atomic mass is 9.94. The second kappa shape index (κ2) is 7.85. The van der Waals surface area contributed by atoms with Gasteiger partial charge in [0.2, 0.25) is 5.91 Å². The minimum absolute atomic E-state index is 0.122.